The van der Waals surface area contributed by atoms with Gasteiger partial charge in [0, 0.05) is 114 Å². The number of hydrogen-bond acceptors (Lipinski definition) is 24. The first kappa shape index (κ1) is 111. The number of ether oxygens (including phenoxy) is 4. The van der Waals surface area contributed by atoms with Gasteiger partial charge >= 0.3 is 12.5 Å². The van der Waals surface area contributed by atoms with E-state index in [2.05, 4.69) is 37.8 Å². The lowest BCUT2D eigenvalue weighted by molar-refractivity contribution is -0.253. The second-order valence-electron chi connectivity index (χ2n) is 42.0. The monoisotopic (exact) mass is 2100 g/mol. The Hall–Kier alpha value is -11.6. The molecule has 4 aromatic heterocycles. The smallest absolute Gasteiger partial charge is 0.461 e. The number of fused-ring (bicyclic) bond motifs is 4. The van der Waals surface area contributed by atoms with Gasteiger partial charge in [-0.05, 0) is 227 Å². The number of carbonyl (C=O) groups is 6. The van der Waals surface area contributed by atoms with Crippen LogP contribution < -0.4 is 38.5 Å². The summed E-state index contributed by atoms with van der Waals surface area (Å²) in [6, 6.07) is 26.4. The van der Waals surface area contributed by atoms with Gasteiger partial charge in [-0.25, -0.2) is 84.3 Å². The first-order valence-electron chi connectivity index (χ1n) is 47.1. The zero-order valence-corrected chi connectivity index (χ0v) is 86.1. The van der Waals surface area contributed by atoms with Crippen LogP contribution in [-0.4, -0.2) is 186 Å². The molecule has 145 heavy (non-hydrogen) atoms. The highest BCUT2D eigenvalue weighted by Crippen LogP contribution is 2.56. The molecule has 8 aromatic rings. The van der Waals surface area contributed by atoms with Crippen LogP contribution in [0.25, 0.3) is 0 Å². The van der Waals surface area contributed by atoms with Crippen molar-refractivity contribution in [3.8, 4) is 23.3 Å². The standard InChI is InChI=1S/C26H28F4N2O4S.C26H29F3N2O5S.C26H30F2N2O5S.C26H30F2N2O4S/c1-16-24(2,3)19-13-17(21(33)15-25(4)8-11-37(34,35)12-9-25)5-6-20(19)32(16)22-14-18(7-10-31-22)36-26(29,30)23(27)28;1-15-13-30-23(36-14-22(28)29)11-19(15)31-20-10-18(27)16(9-17(20)25(2,3)24(31)33)21(32)12-26(4)5-7-37(34,35)8-6-26;1-16-14-29-23(35-15-22(27)28)12-20(16)30-19-6-5-17(11-18(19)25(2,3)24(30)32)21(31)13-26(4)7-9-36(33,34)10-8-26;1-17-25(2,3)20-13-18(22(31)15-26(4)8-11-35(32,33)12-9-26)5-6-21(20)30(17)24-14-19(7-10-29-24)34-16-23(27)28/h5-7,10,13-14,23H,1,8-9,11-12,15H2,2-4H3;9-11,13,22H,5-8,12,14H2,1-4H3;5-6,11-12,14,22H,7-10,13,15H2,1-4H3;5-7,10,13-14,23H,1,8-9,11-12,15-16H2,2-4H3. The van der Waals surface area contributed by atoms with E-state index in [4.69, 9.17) is 14.2 Å². The number of allylic oxidation sites excluding steroid dienone is 2. The number of benzene rings is 4. The first-order chi connectivity index (χ1) is 67.2. The van der Waals surface area contributed by atoms with Crippen LogP contribution in [0.5, 0.6) is 23.3 Å². The maximum atomic E-state index is 15.4. The molecule has 4 aromatic carbocycles. The number of Topliss-reactive ketones (excluding diaryl/α,β-unsaturated/α-hetero) is 4. The molecular weight excluding hydrogens is 1990 g/mol. The number of anilines is 8. The minimum atomic E-state index is -4.66. The van der Waals surface area contributed by atoms with Gasteiger partial charge in [0.2, 0.25) is 23.6 Å². The average molecular weight is 2100 g/mol. The summed E-state index contributed by atoms with van der Waals surface area (Å²) in [6.07, 6.45) is -6.99. The normalized spacial score (nSPS) is 19.9. The van der Waals surface area contributed by atoms with Crippen molar-refractivity contribution in [3.63, 3.8) is 0 Å². The van der Waals surface area contributed by atoms with Crippen molar-refractivity contribution in [2.75, 3.05) is 85.4 Å². The van der Waals surface area contributed by atoms with Crippen LogP contribution in [0.3, 0.4) is 0 Å². The van der Waals surface area contributed by atoms with E-state index in [9.17, 15) is 106 Å². The Morgan fingerprint density at radius 3 is 1.03 bits per heavy atom. The lowest BCUT2D eigenvalue weighted by atomic mass is 9.77. The van der Waals surface area contributed by atoms with Crippen LogP contribution in [0, 0.1) is 41.3 Å². The van der Waals surface area contributed by atoms with Crippen molar-refractivity contribution >= 4 is 120 Å². The van der Waals surface area contributed by atoms with Gasteiger partial charge in [-0.3, -0.25) is 48.4 Å². The average Bonchev–Trinajstić information content (AvgIpc) is 1.59. The second-order valence-corrected chi connectivity index (χ2v) is 51.2. The number of amides is 2. The highest BCUT2D eigenvalue weighted by atomic mass is 32.2. The highest BCUT2D eigenvalue weighted by molar-refractivity contribution is 7.92. The maximum absolute atomic E-state index is 15.4. The number of carbonyl (C=O) groups excluding carboxylic acids is 6. The molecule has 0 saturated carbocycles. The molecule has 4 fully saturated rings. The molecule has 0 N–H and O–H groups in total. The largest absolute Gasteiger partial charge is 0.487 e. The van der Waals surface area contributed by atoms with Crippen molar-refractivity contribution in [1.29, 1.82) is 0 Å². The number of pyridine rings is 4. The molecule has 12 heterocycles. The van der Waals surface area contributed by atoms with Gasteiger partial charge in [-0.15, -0.1) is 0 Å². The van der Waals surface area contributed by atoms with Crippen LogP contribution in [-0.2, 0) is 70.6 Å². The van der Waals surface area contributed by atoms with Crippen LogP contribution in [0.2, 0.25) is 0 Å². The Balaban J connectivity index is 0.000000162. The van der Waals surface area contributed by atoms with E-state index < -0.39 is 141 Å². The second kappa shape index (κ2) is 41.3. The Labute approximate surface area is 836 Å². The molecule has 16 rings (SSSR count). The van der Waals surface area contributed by atoms with Crippen molar-refractivity contribution in [1.82, 2.24) is 19.9 Å². The molecule has 0 aliphatic carbocycles. The summed E-state index contributed by atoms with van der Waals surface area (Å²) in [5.74, 6) is -1.20. The molecule has 0 bridgehead atoms. The van der Waals surface area contributed by atoms with E-state index in [1.165, 1.54) is 58.9 Å². The third kappa shape index (κ3) is 24.5. The van der Waals surface area contributed by atoms with Gasteiger partial charge in [-0.2, -0.15) is 17.6 Å². The van der Waals surface area contributed by atoms with Crippen molar-refractivity contribution in [2.45, 2.75) is 227 Å². The predicted octanol–water partition coefficient (Wildman–Crippen LogP) is 21.2. The third-order valence-electron chi connectivity index (χ3n) is 29.0. The van der Waals surface area contributed by atoms with E-state index in [0.29, 0.717) is 125 Å². The van der Waals surface area contributed by atoms with Gasteiger partial charge in [-0.1, -0.05) is 68.5 Å². The topological polar surface area (TPSA) is 340 Å². The summed E-state index contributed by atoms with van der Waals surface area (Å²) in [7, 11) is -12.2. The Kier molecular flexibility index (Phi) is 31.5. The first-order valence-corrected chi connectivity index (χ1v) is 54.3. The molecule has 26 nitrogen and oxygen atoms in total. The molecular formula is C104H117F11N8O18S4. The number of rotatable bonds is 28. The Morgan fingerprint density at radius 1 is 0.379 bits per heavy atom. The lowest BCUT2D eigenvalue weighted by Crippen LogP contribution is -2.33. The van der Waals surface area contributed by atoms with Crippen molar-refractivity contribution in [3.05, 3.63) is 214 Å². The van der Waals surface area contributed by atoms with Crippen molar-refractivity contribution in [2.24, 2.45) is 21.7 Å². The number of ketones is 4. The van der Waals surface area contributed by atoms with Gasteiger partial charge in [0.25, 0.3) is 19.3 Å². The molecule has 8 aliphatic rings. The predicted molar refractivity (Wildman–Crippen MR) is 527 cm³/mol. The zero-order valence-electron chi connectivity index (χ0n) is 82.8. The van der Waals surface area contributed by atoms with Crippen LogP contribution in [0.4, 0.5) is 94.1 Å². The number of alkyl halides is 10. The number of aryl methyl sites for hydroxylation is 2. The number of aromatic nitrogens is 4. The number of nitrogens with zero attached hydrogens (tertiary/aromatic N) is 8. The fourth-order valence-electron chi connectivity index (χ4n) is 19.1. The summed E-state index contributed by atoms with van der Waals surface area (Å²) >= 11 is 0. The van der Waals surface area contributed by atoms with E-state index >= 15 is 4.39 Å². The van der Waals surface area contributed by atoms with E-state index in [1.54, 1.807) is 95.0 Å². The van der Waals surface area contributed by atoms with Crippen LogP contribution in [0.15, 0.2) is 152 Å². The molecule has 2 amide bonds. The fraction of sp³-hybridized carbons (Fsp3) is 0.481. The molecule has 0 atom stereocenters. The molecule has 41 heteroatoms. The molecule has 8 aliphatic heterocycles. The minimum Gasteiger partial charge on any atom is -0.487 e. The van der Waals surface area contributed by atoms with Crippen LogP contribution >= 0.6 is 0 Å². The minimum absolute atomic E-state index is 0.00571. The summed E-state index contributed by atoms with van der Waals surface area (Å²) < 4.78 is 257. The number of hydrogen-bond donors (Lipinski definition) is 0. The van der Waals surface area contributed by atoms with Crippen LogP contribution in [0.1, 0.15) is 235 Å². The SMILES string of the molecule is C=C1N(c2cc(OC(F)(F)C(F)F)ccn2)c2ccc(C(=O)CC3(C)CCS(=O)(=O)CC3)cc2C1(C)C.C=C1N(c2cc(OCC(F)F)ccn2)c2ccc(C(=O)CC3(C)CCS(=O)(=O)CC3)cc2C1(C)C.Cc1cnc(OCC(F)F)cc1N1C(=O)C(C)(C)c2cc(C(=O)CC3(C)CCS(=O)(=O)CC3)c(F)cc21.Cc1cnc(OCC(F)F)cc1N1C(=O)C(C)(C)c2cc(C(=O)CC3(C)CCS(=O)(=O)CC3)ccc21. The summed E-state index contributed by atoms with van der Waals surface area (Å²) in [5, 5.41) is 0. The van der Waals surface area contributed by atoms with Gasteiger partial charge in [0.1, 0.15) is 74.9 Å². The summed E-state index contributed by atoms with van der Waals surface area (Å²) in [4.78, 5) is 103. The van der Waals surface area contributed by atoms with Gasteiger partial charge in [0.15, 0.2) is 36.3 Å². The van der Waals surface area contributed by atoms with E-state index in [-0.39, 0.29) is 146 Å². The maximum Gasteiger partial charge on any atom is 0.461 e. The van der Waals surface area contributed by atoms with E-state index in [0.717, 1.165) is 40.7 Å². The van der Waals surface area contributed by atoms with E-state index in [1.807, 2.05) is 72.4 Å². The van der Waals surface area contributed by atoms with Gasteiger partial charge < -0.3 is 18.9 Å². The lowest BCUT2D eigenvalue weighted by Gasteiger charge is -2.32. The quantitative estimate of drug-likeness (QED) is 0.0325. The molecule has 0 radical (unpaired) electrons. The summed E-state index contributed by atoms with van der Waals surface area (Å²) in [5.41, 5.74) is 4.79. The molecule has 4 saturated heterocycles. The summed E-state index contributed by atoms with van der Waals surface area (Å²) in [6.45, 7) is 31.8. The molecule has 0 spiro atoms. The van der Waals surface area contributed by atoms with Gasteiger partial charge in [0.05, 0.1) is 96.5 Å². The molecule has 0 unspecified atom stereocenters. The Morgan fingerprint density at radius 2 is 0.683 bits per heavy atom. The van der Waals surface area contributed by atoms with Crippen molar-refractivity contribution < 1.29 is 130 Å². The fourth-order valence-corrected chi connectivity index (χ4v) is 26.4. The number of sulfone groups is 4. The Bertz CT molecular complexity index is 6910. The molecule has 782 valence electrons. The third-order valence-corrected chi connectivity index (χ3v) is 35.6. The zero-order chi connectivity index (χ0) is 107. The number of halogens is 11. The highest BCUT2D eigenvalue weighted by Gasteiger charge is 2.52.